The lowest BCUT2D eigenvalue weighted by atomic mass is 10.1. The molecule has 0 aliphatic carbocycles. The minimum Gasteiger partial charge on any atom is -0.494 e. The van der Waals surface area contributed by atoms with Crippen molar-refractivity contribution in [1.29, 1.82) is 0 Å². The third-order valence-electron chi connectivity index (χ3n) is 2.58. The van der Waals surface area contributed by atoms with Gasteiger partial charge in [0.05, 0.1) is 13.2 Å². The molecule has 0 aromatic rings. The minimum atomic E-state index is -1.13. The highest BCUT2D eigenvalue weighted by Gasteiger charge is 2.14. The topological polar surface area (TPSA) is 18.5 Å². The molecule has 0 fully saturated rings. The first-order chi connectivity index (χ1) is 8.34. The summed E-state index contributed by atoms with van der Waals surface area (Å²) in [6, 6.07) is 0. The fourth-order valence-corrected chi connectivity index (χ4v) is 1.08. The average Bonchev–Trinajstić information content (AvgIpc) is 2.40. The van der Waals surface area contributed by atoms with Crippen LogP contribution in [-0.4, -0.2) is 20.3 Å². The van der Waals surface area contributed by atoms with Gasteiger partial charge in [-0.05, 0) is 25.8 Å². The van der Waals surface area contributed by atoms with Gasteiger partial charge >= 0.3 is 0 Å². The zero-order chi connectivity index (χ0) is 14.3. The van der Waals surface area contributed by atoms with Crippen LogP contribution >= 0.6 is 0 Å². The number of ether oxygens (including phenoxy) is 2. The number of methoxy groups -OCH3 is 2. The van der Waals surface area contributed by atoms with E-state index in [1.54, 1.807) is 20.1 Å². The summed E-state index contributed by atoms with van der Waals surface area (Å²) in [5, 5.41) is 0. The van der Waals surface area contributed by atoms with Crippen LogP contribution in [0.15, 0.2) is 47.8 Å². The van der Waals surface area contributed by atoms with Crippen LogP contribution in [-0.2, 0) is 9.47 Å². The van der Waals surface area contributed by atoms with Crippen LogP contribution in [0.2, 0.25) is 0 Å². The first-order valence-corrected chi connectivity index (χ1v) is 5.52. The Labute approximate surface area is 107 Å². The van der Waals surface area contributed by atoms with Crippen LogP contribution in [0.25, 0.3) is 0 Å². The number of halogens is 2. The van der Waals surface area contributed by atoms with Gasteiger partial charge < -0.3 is 9.47 Å². The van der Waals surface area contributed by atoms with Crippen molar-refractivity contribution in [2.75, 3.05) is 14.2 Å². The highest BCUT2D eigenvalue weighted by atomic mass is 19.2. The smallest absolute Gasteiger partial charge is 0.200 e. The van der Waals surface area contributed by atoms with Crippen molar-refractivity contribution in [2.24, 2.45) is 0 Å². The van der Waals surface area contributed by atoms with E-state index in [-0.39, 0.29) is 17.4 Å². The van der Waals surface area contributed by atoms with E-state index in [4.69, 9.17) is 4.74 Å². The van der Waals surface area contributed by atoms with Gasteiger partial charge in [-0.2, -0.15) is 4.39 Å². The summed E-state index contributed by atoms with van der Waals surface area (Å²) in [5.74, 6) is -2.54. The Morgan fingerprint density at radius 1 is 1.22 bits per heavy atom. The van der Waals surface area contributed by atoms with Gasteiger partial charge in [-0.25, -0.2) is 4.39 Å². The predicted octanol–water partition coefficient (Wildman–Crippen LogP) is 4.22. The van der Waals surface area contributed by atoms with E-state index in [1.165, 1.54) is 7.11 Å². The van der Waals surface area contributed by atoms with Crippen molar-refractivity contribution in [1.82, 2.24) is 0 Å². The first kappa shape index (κ1) is 16.6. The van der Waals surface area contributed by atoms with Crippen LogP contribution in [0, 0.1) is 0 Å². The van der Waals surface area contributed by atoms with Gasteiger partial charge in [0.1, 0.15) is 5.76 Å². The molecule has 0 aromatic carbocycles. The molecule has 0 N–H and O–H groups in total. The Balaban J connectivity index is 4.89. The normalized spacial score (nSPS) is 14.9. The van der Waals surface area contributed by atoms with Gasteiger partial charge in [-0.15, -0.1) is 0 Å². The fraction of sp³-hybridized carbons (Fsp3) is 0.429. The Morgan fingerprint density at radius 2 is 1.78 bits per heavy atom. The van der Waals surface area contributed by atoms with Crippen molar-refractivity contribution >= 4 is 0 Å². The molecule has 0 saturated carbocycles. The zero-order valence-electron chi connectivity index (χ0n) is 11.3. The zero-order valence-corrected chi connectivity index (χ0v) is 11.3. The molecule has 0 aliphatic heterocycles. The van der Waals surface area contributed by atoms with Crippen molar-refractivity contribution in [3.05, 3.63) is 47.8 Å². The van der Waals surface area contributed by atoms with Gasteiger partial charge in [-0.3, -0.25) is 0 Å². The van der Waals surface area contributed by atoms with Gasteiger partial charge in [0.15, 0.2) is 5.83 Å². The highest BCUT2D eigenvalue weighted by molar-refractivity contribution is 5.44. The summed E-state index contributed by atoms with van der Waals surface area (Å²) in [6.45, 7) is 10.3. The average molecular weight is 258 g/mol. The monoisotopic (exact) mass is 258 g/mol. The van der Waals surface area contributed by atoms with E-state index < -0.39 is 11.7 Å². The van der Waals surface area contributed by atoms with Crippen LogP contribution in [0.3, 0.4) is 0 Å². The van der Waals surface area contributed by atoms with E-state index in [1.807, 2.05) is 6.92 Å². The Bertz CT molecular complexity index is 381. The summed E-state index contributed by atoms with van der Waals surface area (Å²) in [4.78, 5) is 0. The molecular formula is C14H20F2O2. The quantitative estimate of drug-likeness (QED) is 0.502. The van der Waals surface area contributed by atoms with E-state index >= 15 is 0 Å². The van der Waals surface area contributed by atoms with Gasteiger partial charge in [-0.1, -0.05) is 19.2 Å². The standard InChI is InChI=1S/C14H20F2O2/c1-9(7-8-10(2)17-5)11(3)13(15)14(16)12(4)18-6/h7,10H,3-4,8H2,1-2,5-6H3/b9-7+,14-13-. The lowest BCUT2D eigenvalue weighted by molar-refractivity contribution is 0.121. The molecule has 0 spiro atoms. The highest BCUT2D eigenvalue weighted by Crippen LogP contribution is 2.26. The van der Waals surface area contributed by atoms with Gasteiger partial charge in [0, 0.05) is 12.7 Å². The molecule has 0 aliphatic rings. The summed E-state index contributed by atoms with van der Waals surface area (Å²) >= 11 is 0. The third-order valence-corrected chi connectivity index (χ3v) is 2.58. The molecular weight excluding hydrogens is 238 g/mol. The van der Waals surface area contributed by atoms with Crippen molar-refractivity contribution in [3.8, 4) is 0 Å². The van der Waals surface area contributed by atoms with Crippen LogP contribution in [0.5, 0.6) is 0 Å². The number of rotatable bonds is 7. The Hall–Kier alpha value is -1.42. The van der Waals surface area contributed by atoms with Crippen LogP contribution in [0.4, 0.5) is 8.78 Å². The summed E-state index contributed by atoms with van der Waals surface area (Å²) < 4.78 is 36.7. The van der Waals surface area contributed by atoms with E-state index in [2.05, 4.69) is 17.9 Å². The molecule has 102 valence electrons. The van der Waals surface area contributed by atoms with Gasteiger partial charge in [0.2, 0.25) is 5.83 Å². The van der Waals surface area contributed by atoms with Crippen molar-refractivity contribution < 1.29 is 18.3 Å². The fourth-order valence-electron chi connectivity index (χ4n) is 1.08. The third kappa shape index (κ3) is 4.84. The molecule has 0 radical (unpaired) electrons. The predicted molar refractivity (Wildman–Crippen MR) is 69.4 cm³/mol. The SMILES string of the molecule is C=C(OC)/C(F)=C(/F)C(=C)/C(C)=C/CC(C)OC. The molecule has 0 bridgehead atoms. The maximum Gasteiger partial charge on any atom is 0.200 e. The maximum absolute atomic E-state index is 13.7. The van der Waals surface area contributed by atoms with Crippen molar-refractivity contribution in [3.63, 3.8) is 0 Å². The molecule has 4 heteroatoms. The molecule has 1 unspecified atom stereocenters. The molecule has 0 rings (SSSR count). The molecule has 0 heterocycles. The minimum absolute atomic E-state index is 0.0126. The number of hydrogen-bond donors (Lipinski definition) is 0. The molecule has 1 atom stereocenters. The lowest BCUT2D eigenvalue weighted by Crippen LogP contribution is -2.02. The molecule has 2 nitrogen and oxygen atoms in total. The Morgan fingerprint density at radius 3 is 2.22 bits per heavy atom. The van der Waals surface area contributed by atoms with Gasteiger partial charge in [0.25, 0.3) is 0 Å². The van der Waals surface area contributed by atoms with Crippen LogP contribution in [0.1, 0.15) is 20.3 Å². The first-order valence-electron chi connectivity index (χ1n) is 5.52. The number of allylic oxidation sites excluding steroid dienone is 4. The lowest BCUT2D eigenvalue weighted by Gasteiger charge is -2.09. The molecule has 0 saturated heterocycles. The largest absolute Gasteiger partial charge is 0.494 e. The van der Waals surface area contributed by atoms with Crippen molar-refractivity contribution in [2.45, 2.75) is 26.4 Å². The molecule has 0 aromatic heterocycles. The van der Waals surface area contributed by atoms with E-state index in [0.29, 0.717) is 12.0 Å². The van der Waals surface area contributed by atoms with E-state index in [9.17, 15) is 8.78 Å². The second kappa shape index (κ2) is 7.82. The number of hydrogen-bond acceptors (Lipinski definition) is 2. The van der Waals surface area contributed by atoms with E-state index in [0.717, 1.165) is 0 Å². The summed E-state index contributed by atoms with van der Waals surface area (Å²) in [6.07, 6.45) is 2.36. The molecule has 0 amide bonds. The second-order valence-electron chi connectivity index (χ2n) is 3.90. The molecule has 18 heavy (non-hydrogen) atoms. The maximum atomic E-state index is 13.7. The van der Waals surface area contributed by atoms with Crippen LogP contribution < -0.4 is 0 Å². The Kier molecular flexibility index (Phi) is 7.20. The summed E-state index contributed by atoms with van der Waals surface area (Å²) in [7, 11) is 2.81. The summed E-state index contributed by atoms with van der Waals surface area (Å²) in [5.41, 5.74) is 0.532. The second-order valence-corrected chi connectivity index (χ2v) is 3.90.